The molecule has 0 aromatic rings. The van der Waals surface area contributed by atoms with E-state index < -0.39 is 18.6 Å². The molecule has 0 bridgehead atoms. The monoisotopic (exact) mass is 233 g/mol. The van der Waals surface area contributed by atoms with E-state index >= 15 is 0 Å². The zero-order valence-electron chi connectivity index (χ0n) is 9.14. The van der Waals surface area contributed by atoms with Gasteiger partial charge in [-0.15, -0.1) is 0 Å². The third-order valence-electron chi connectivity index (χ3n) is 1.53. The summed E-state index contributed by atoms with van der Waals surface area (Å²) >= 11 is 0. The molecule has 5 heteroatoms. The van der Waals surface area contributed by atoms with Gasteiger partial charge >= 0.3 is 6.18 Å². The Morgan fingerprint density at radius 1 is 1.25 bits per heavy atom. The lowest BCUT2D eigenvalue weighted by Gasteiger charge is -2.08. The number of hydrogen-bond donors (Lipinski definition) is 1. The van der Waals surface area contributed by atoms with E-state index in [0.717, 1.165) is 0 Å². The first-order valence-corrected chi connectivity index (χ1v) is 4.71. The molecule has 1 amide bonds. The molecule has 0 aromatic heterocycles. The summed E-state index contributed by atoms with van der Waals surface area (Å²) in [6, 6.07) is 0. The predicted molar refractivity (Wildman–Crippen MR) is 56.8 cm³/mol. The summed E-state index contributed by atoms with van der Waals surface area (Å²) in [5, 5.41) is 1.80. The van der Waals surface area contributed by atoms with E-state index in [0.29, 0.717) is 0 Å². The van der Waals surface area contributed by atoms with Crippen LogP contribution >= 0.6 is 0 Å². The Morgan fingerprint density at radius 2 is 1.88 bits per heavy atom. The van der Waals surface area contributed by atoms with E-state index in [1.807, 2.05) is 0 Å². The molecule has 0 aliphatic carbocycles. The summed E-state index contributed by atoms with van der Waals surface area (Å²) in [5.74, 6) is -0.742. The van der Waals surface area contributed by atoms with Crippen LogP contribution in [0.3, 0.4) is 0 Å². The second-order valence-electron chi connectivity index (χ2n) is 2.95. The van der Waals surface area contributed by atoms with Gasteiger partial charge in [0.2, 0.25) is 0 Å². The third-order valence-corrected chi connectivity index (χ3v) is 1.53. The summed E-state index contributed by atoms with van der Waals surface area (Å²) in [7, 11) is 0. The van der Waals surface area contributed by atoms with Gasteiger partial charge in [-0.05, 0) is 19.9 Å². The Hall–Kier alpha value is -1.52. The highest BCUT2D eigenvalue weighted by Gasteiger charge is 2.27. The van der Waals surface area contributed by atoms with Gasteiger partial charge in [0.15, 0.2) is 0 Å². The minimum atomic E-state index is -4.39. The van der Waals surface area contributed by atoms with Crippen LogP contribution in [0, 0.1) is 0 Å². The van der Waals surface area contributed by atoms with Crippen molar-refractivity contribution in [2.24, 2.45) is 0 Å². The molecule has 90 valence electrons. The zero-order valence-corrected chi connectivity index (χ0v) is 9.14. The second kappa shape index (κ2) is 6.87. The molecule has 1 N–H and O–H groups in total. The molecule has 16 heavy (non-hydrogen) atoms. The molecule has 0 aliphatic rings. The molecular weight excluding hydrogens is 219 g/mol. The first-order chi connectivity index (χ1) is 7.40. The normalized spacial score (nSPS) is 13.7. The van der Waals surface area contributed by atoms with E-state index in [2.05, 4.69) is 0 Å². The molecule has 0 unspecified atom stereocenters. The van der Waals surface area contributed by atoms with Crippen LogP contribution in [0.2, 0.25) is 0 Å². The quantitative estimate of drug-likeness (QED) is 0.587. The van der Waals surface area contributed by atoms with Crippen molar-refractivity contribution in [3.05, 3.63) is 36.0 Å². The molecule has 0 heterocycles. The fourth-order valence-electron chi connectivity index (χ4n) is 0.869. The molecule has 0 aromatic carbocycles. The van der Waals surface area contributed by atoms with Crippen molar-refractivity contribution >= 4 is 5.91 Å². The van der Waals surface area contributed by atoms with Crippen LogP contribution < -0.4 is 5.32 Å². The summed E-state index contributed by atoms with van der Waals surface area (Å²) in [4.78, 5) is 11.3. The maximum atomic E-state index is 11.9. The molecule has 0 atom stereocenters. The van der Waals surface area contributed by atoms with Crippen LogP contribution in [0.15, 0.2) is 36.0 Å². The number of rotatable bonds is 4. The SMILES string of the molecule is C\C=C/C=C(\C=C/C)C(=O)NCC(F)(F)F. The number of amides is 1. The smallest absolute Gasteiger partial charge is 0.343 e. The van der Waals surface area contributed by atoms with Gasteiger partial charge in [-0.1, -0.05) is 24.3 Å². The minimum absolute atomic E-state index is 0.185. The Bertz CT molecular complexity index is 314. The number of halogens is 3. The van der Waals surface area contributed by atoms with Crippen LogP contribution in [-0.4, -0.2) is 18.6 Å². The van der Waals surface area contributed by atoms with Gasteiger partial charge in [0.25, 0.3) is 5.91 Å². The fourth-order valence-corrected chi connectivity index (χ4v) is 0.869. The summed E-state index contributed by atoms with van der Waals surface area (Å²) in [6.07, 6.45) is 3.36. The first-order valence-electron chi connectivity index (χ1n) is 4.71. The van der Waals surface area contributed by atoms with E-state index in [-0.39, 0.29) is 5.57 Å². The van der Waals surface area contributed by atoms with E-state index in [1.54, 1.807) is 37.4 Å². The number of allylic oxidation sites excluding steroid dienone is 4. The highest BCUT2D eigenvalue weighted by atomic mass is 19.4. The van der Waals surface area contributed by atoms with E-state index in [1.165, 1.54) is 12.2 Å². The average Bonchev–Trinajstić information content (AvgIpc) is 2.19. The molecule has 0 fully saturated rings. The minimum Gasteiger partial charge on any atom is -0.343 e. The van der Waals surface area contributed by atoms with E-state index in [4.69, 9.17) is 0 Å². The first kappa shape index (κ1) is 14.5. The Balaban J connectivity index is 4.52. The van der Waals surface area contributed by atoms with Crippen molar-refractivity contribution in [3.63, 3.8) is 0 Å². The molecule has 0 radical (unpaired) electrons. The van der Waals surface area contributed by atoms with Gasteiger partial charge in [0, 0.05) is 5.57 Å². The molecule has 0 saturated heterocycles. The Morgan fingerprint density at radius 3 is 2.31 bits per heavy atom. The van der Waals surface area contributed by atoms with Gasteiger partial charge in [0.05, 0.1) is 0 Å². The molecule has 0 spiro atoms. The van der Waals surface area contributed by atoms with Crippen molar-refractivity contribution in [2.45, 2.75) is 20.0 Å². The van der Waals surface area contributed by atoms with Gasteiger partial charge in [-0.25, -0.2) is 0 Å². The molecule has 0 rings (SSSR count). The van der Waals surface area contributed by atoms with Crippen molar-refractivity contribution in [1.29, 1.82) is 0 Å². The van der Waals surface area contributed by atoms with Crippen molar-refractivity contribution < 1.29 is 18.0 Å². The van der Waals surface area contributed by atoms with Gasteiger partial charge in [0.1, 0.15) is 6.54 Å². The molecule has 2 nitrogen and oxygen atoms in total. The molecule has 0 aliphatic heterocycles. The van der Waals surface area contributed by atoms with Crippen LogP contribution in [0.5, 0.6) is 0 Å². The van der Waals surface area contributed by atoms with Crippen LogP contribution in [0.4, 0.5) is 13.2 Å². The third kappa shape index (κ3) is 6.86. The number of carbonyl (C=O) groups is 1. The summed E-state index contributed by atoms with van der Waals surface area (Å²) in [6.45, 7) is 2.11. The maximum Gasteiger partial charge on any atom is 0.405 e. The lowest BCUT2D eigenvalue weighted by molar-refractivity contribution is -0.136. The van der Waals surface area contributed by atoms with Crippen LogP contribution in [-0.2, 0) is 4.79 Å². The zero-order chi connectivity index (χ0) is 12.6. The highest BCUT2D eigenvalue weighted by Crippen LogP contribution is 2.12. The predicted octanol–water partition coefficient (Wildman–Crippen LogP) is 2.74. The molecule has 0 saturated carbocycles. The van der Waals surface area contributed by atoms with Crippen molar-refractivity contribution in [1.82, 2.24) is 5.32 Å². The standard InChI is InChI=1S/C11H14F3NO/c1-3-5-7-9(6-4-2)10(16)15-8-11(12,13)14/h3-7H,8H2,1-2H3,(H,15,16)/b5-3-,6-4-,9-7+. The fraction of sp³-hybridized carbons (Fsp3) is 0.364. The van der Waals surface area contributed by atoms with Gasteiger partial charge < -0.3 is 5.32 Å². The number of carbonyl (C=O) groups excluding carboxylic acids is 1. The Kier molecular flexibility index (Phi) is 6.22. The summed E-state index contributed by atoms with van der Waals surface area (Å²) in [5.41, 5.74) is 0.185. The summed E-state index contributed by atoms with van der Waals surface area (Å²) < 4.78 is 35.6. The topological polar surface area (TPSA) is 29.1 Å². The lowest BCUT2D eigenvalue weighted by Crippen LogP contribution is -2.34. The average molecular weight is 233 g/mol. The second-order valence-corrected chi connectivity index (χ2v) is 2.95. The van der Waals surface area contributed by atoms with Crippen molar-refractivity contribution in [3.8, 4) is 0 Å². The van der Waals surface area contributed by atoms with Gasteiger partial charge in [-0.2, -0.15) is 13.2 Å². The number of hydrogen-bond acceptors (Lipinski definition) is 1. The van der Waals surface area contributed by atoms with Gasteiger partial charge in [-0.3, -0.25) is 4.79 Å². The lowest BCUT2D eigenvalue weighted by atomic mass is 10.2. The molecular formula is C11H14F3NO. The highest BCUT2D eigenvalue weighted by molar-refractivity contribution is 5.96. The number of alkyl halides is 3. The van der Waals surface area contributed by atoms with Crippen LogP contribution in [0.1, 0.15) is 13.8 Å². The van der Waals surface area contributed by atoms with Crippen LogP contribution in [0.25, 0.3) is 0 Å². The van der Waals surface area contributed by atoms with E-state index in [9.17, 15) is 18.0 Å². The largest absolute Gasteiger partial charge is 0.405 e. The maximum absolute atomic E-state index is 11.9. The Labute approximate surface area is 92.5 Å². The van der Waals surface area contributed by atoms with Crippen molar-refractivity contribution in [2.75, 3.05) is 6.54 Å². The number of nitrogens with one attached hydrogen (secondary N) is 1.